The zero-order valence-corrected chi connectivity index (χ0v) is 13.8. The summed E-state index contributed by atoms with van der Waals surface area (Å²) in [4.78, 5) is 13.7. The van der Waals surface area contributed by atoms with Gasteiger partial charge in [0.15, 0.2) is 0 Å². The van der Waals surface area contributed by atoms with E-state index in [-0.39, 0.29) is 31.7 Å². The number of methoxy groups -OCH3 is 1. The van der Waals surface area contributed by atoms with Crippen molar-refractivity contribution < 1.29 is 22.7 Å². The van der Waals surface area contributed by atoms with Crippen molar-refractivity contribution >= 4 is 11.7 Å². The molecule has 0 bridgehead atoms. The molecule has 0 aliphatic carbocycles. The van der Waals surface area contributed by atoms with Crippen LogP contribution < -0.4 is 4.90 Å². The fraction of sp³-hybridized carbons (Fsp3) is 0.316. The number of esters is 1. The molecule has 3 rings (SSSR count). The third-order valence-electron chi connectivity index (χ3n) is 4.41. The molecule has 0 saturated carbocycles. The van der Waals surface area contributed by atoms with Crippen LogP contribution in [0.3, 0.4) is 0 Å². The maximum atomic E-state index is 13.4. The average molecular weight is 349 g/mol. The van der Waals surface area contributed by atoms with Crippen molar-refractivity contribution in [1.29, 1.82) is 0 Å². The van der Waals surface area contributed by atoms with Gasteiger partial charge in [0.1, 0.15) is 5.82 Å². The van der Waals surface area contributed by atoms with E-state index in [1.807, 2.05) is 4.90 Å². The van der Waals surface area contributed by atoms with Gasteiger partial charge in [-0.2, -0.15) is 0 Å². The number of hydrogen-bond donors (Lipinski definition) is 0. The number of piperidine rings is 1. The fourth-order valence-corrected chi connectivity index (χ4v) is 2.99. The number of anilines is 1. The van der Waals surface area contributed by atoms with Gasteiger partial charge in [0.2, 0.25) is 0 Å². The second-order valence-corrected chi connectivity index (χ2v) is 6.07. The number of alkyl halides is 2. The van der Waals surface area contributed by atoms with Crippen LogP contribution in [0.15, 0.2) is 42.5 Å². The standard InChI is InChI=1S/C19H18F3NO2/c1-25-18(24)14-4-7-17(23-10-8-19(21,22)9-11-23)16(12-14)13-2-5-15(20)6-3-13/h2-7,12H,8-11H2,1H3. The van der Waals surface area contributed by atoms with Crippen LogP contribution in [-0.2, 0) is 4.74 Å². The lowest BCUT2D eigenvalue weighted by Gasteiger charge is -2.34. The Balaban J connectivity index is 2.02. The van der Waals surface area contributed by atoms with Crippen LogP contribution in [0.4, 0.5) is 18.9 Å². The van der Waals surface area contributed by atoms with Gasteiger partial charge in [-0.1, -0.05) is 12.1 Å². The molecule has 1 heterocycles. The van der Waals surface area contributed by atoms with Gasteiger partial charge < -0.3 is 9.64 Å². The van der Waals surface area contributed by atoms with E-state index in [4.69, 9.17) is 4.74 Å². The molecule has 0 atom stereocenters. The molecule has 1 aliphatic heterocycles. The minimum absolute atomic E-state index is 0.214. The van der Waals surface area contributed by atoms with E-state index >= 15 is 0 Å². The highest BCUT2D eigenvalue weighted by molar-refractivity contribution is 5.93. The van der Waals surface area contributed by atoms with Crippen molar-refractivity contribution in [2.45, 2.75) is 18.8 Å². The molecule has 2 aromatic carbocycles. The van der Waals surface area contributed by atoms with Gasteiger partial charge in [-0.3, -0.25) is 0 Å². The quantitative estimate of drug-likeness (QED) is 0.764. The van der Waals surface area contributed by atoms with Crippen molar-refractivity contribution in [3.8, 4) is 11.1 Å². The second kappa shape index (κ2) is 6.78. The van der Waals surface area contributed by atoms with Gasteiger partial charge in [0.05, 0.1) is 12.7 Å². The molecule has 3 nitrogen and oxygen atoms in total. The average Bonchev–Trinajstić information content (AvgIpc) is 2.61. The Morgan fingerprint density at radius 2 is 1.72 bits per heavy atom. The Morgan fingerprint density at radius 3 is 2.32 bits per heavy atom. The number of ether oxygens (including phenoxy) is 1. The Kier molecular flexibility index (Phi) is 4.70. The van der Waals surface area contributed by atoms with E-state index in [9.17, 15) is 18.0 Å². The molecule has 1 aliphatic rings. The zero-order chi connectivity index (χ0) is 18.0. The molecule has 0 amide bonds. The second-order valence-electron chi connectivity index (χ2n) is 6.07. The first kappa shape index (κ1) is 17.3. The molecule has 0 N–H and O–H groups in total. The summed E-state index contributed by atoms with van der Waals surface area (Å²) >= 11 is 0. The number of hydrogen-bond acceptors (Lipinski definition) is 3. The summed E-state index contributed by atoms with van der Waals surface area (Å²) in [5, 5.41) is 0. The first-order valence-electron chi connectivity index (χ1n) is 8.01. The van der Waals surface area contributed by atoms with Crippen LogP contribution >= 0.6 is 0 Å². The molecule has 2 aromatic rings. The molecule has 132 valence electrons. The Hall–Kier alpha value is -2.50. The highest BCUT2D eigenvalue weighted by Crippen LogP contribution is 2.36. The molecule has 0 spiro atoms. The van der Waals surface area contributed by atoms with Gasteiger partial charge in [-0.15, -0.1) is 0 Å². The third kappa shape index (κ3) is 3.78. The van der Waals surface area contributed by atoms with E-state index in [1.54, 1.807) is 30.3 Å². The van der Waals surface area contributed by atoms with E-state index in [0.29, 0.717) is 16.7 Å². The van der Waals surface area contributed by atoms with Crippen LogP contribution in [0.2, 0.25) is 0 Å². The molecule has 25 heavy (non-hydrogen) atoms. The topological polar surface area (TPSA) is 29.5 Å². The van der Waals surface area contributed by atoms with E-state index < -0.39 is 11.9 Å². The van der Waals surface area contributed by atoms with Crippen LogP contribution in [0.1, 0.15) is 23.2 Å². The van der Waals surface area contributed by atoms with Crippen LogP contribution in [0.5, 0.6) is 0 Å². The molecule has 1 saturated heterocycles. The highest BCUT2D eigenvalue weighted by atomic mass is 19.3. The summed E-state index contributed by atoms with van der Waals surface area (Å²) in [7, 11) is 1.29. The molecular weight excluding hydrogens is 331 g/mol. The van der Waals surface area contributed by atoms with E-state index in [1.165, 1.54) is 19.2 Å². The van der Waals surface area contributed by atoms with Crippen LogP contribution in [0.25, 0.3) is 11.1 Å². The molecule has 0 unspecified atom stereocenters. The lowest BCUT2D eigenvalue weighted by Crippen LogP contribution is -2.39. The van der Waals surface area contributed by atoms with E-state index in [0.717, 1.165) is 5.69 Å². The lowest BCUT2D eigenvalue weighted by molar-refractivity contribution is -0.0220. The van der Waals surface area contributed by atoms with Crippen molar-refractivity contribution in [1.82, 2.24) is 0 Å². The Morgan fingerprint density at radius 1 is 1.08 bits per heavy atom. The van der Waals surface area contributed by atoms with Gasteiger partial charge in [0, 0.05) is 37.2 Å². The molecule has 0 radical (unpaired) electrons. The molecule has 6 heteroatoms. The van der Waals surface area contributed by atoms with Crippen LogP contribution in [0, 0.1) is 5.82 Å². The lowest BCUT2D eigenvalue weighted by atomic mass is 9.98. The summed E-state index contributed by atoms with van der Waals surface area (Å²) in [6.07, 6.45) is -0.427. The smallest absolute Gasteiger partial charge is 0.337 e. The normalized spacial score (nSPS) is 16.6. The fourth-order valence-electron chi connectivity index (χ4n) is 2.99. The first-order chi connectivity index (χ1) is 11.9. The van der Waals surface area contributed by atoms with Crippen LogP contribution in [-0.4, -0.2) is 32.1 Å². The van der Waals surface area contributed by atoms with Gasteiger partial charge in [-0.05, 0) is 35.9 Å². The monoisotopic (exact) mass is 349 g/mol. The minimum Gasteiger partial charge on any atom is -0.465 e. The number of nitrogens with zero attached hydrogens (tertiary/aromatic N) is 1. The summed E-state index contributed by atoms with van der Waals surface area (Å²) in [5.41, 5.74) is 2.50. The third-order valence-corrected chi connectivity index (χ3v) is 4.41. The SMILES string of the molecule is COC(=O)c1ccc(N2CCC(F)(F)CC2)c(-c2ccc(F)cc2)c1. The van der Waals surface area contributed by atoms with Crippen molar-refractivity contribution in [3.05, 3.63) is 53.8 Å². The Bertz CT molecular complexity index is 765. The zero-order valence-electron chi connectivity index (χ0n) is 13.8. The molecular formula is C19H18F3NO2. The summed E-state index contributed by atoms with van der Waals surface area (Å²) in [5.74, 6) is -3.49. The maximum Gasteiger partial charge on any atom is 0.337 e. The number of carbonyl (C=O) groups is 1. The highest BCUT2D eigenvalue weighted by Gasteiger charge is 2.34. The predicted octanol–water partition coefficient (Wildman–Crippen LogP) is 4.51. The number of rotatable bonds is 3. The van der Waals surface area contributed by atoms with Gasteiger partial charge in [-0.25, -0.2) is 18.0 Å². The van der Waals surface area contributed by atoms with E-state index in [2.05, 4.69) is 0 Å². The summed E-state index contributed by atoms with van der Waals surface area (Å²) in [6, 6.07) is 10.9. The maximum absolute atomic E-state index is 13.4. The largest absolute Gasteiger partial charge is 0.465 e. The van der Waals surface area contributed by atoms with Crippen molar-refractivity contribution in [2.75, 3.05) is 25.1 Å². The van der Waals surface area contributed by atoms with Crippen molar-refractivity contribution in [3.63, 3.8) is 0 Å². The number of halogens is 3. The number of benzene rings is 2. The van der Waals surface area contributed by atoms with Crippen molar-refractivity contribution in [2.24, 2.45) is 0 Å². The minimum atomic E-state index is -2.64. The summed E-state index contributed by atoms with van der Waals surface area (Å²) < 4.78 is 44.9. The Labute approximate surface area is 144 Å². The van der Waals surface area contributed by atoms with Gasteiger partial charge >= 0.3 is 5.97 Å². The predicted molar refractivity (Wildman–Crippen MR) is 89.6 cm³/mol. The number of carbonyl (C=O) groups excluding carboxylic acids is 1. The van der Waals surface area contributed by atoms with Gasteiger partial charge in [0.25, 0.3) is 5.92 Å². The molecule has 1 fully saturated rings. The molecule has 0 aromatic heterocycles. The summed E-state index contributed by atoms with van der Waals surface area (Å²) in [6.45, 7) is 0.442. The first-order valence-corrected chi connectivity index (χ1v) is 8.01.